The Hall–Kier alpha value is -1.72. The number of hydrogen-bond acceptors (Lipinski definition) is 2. The molecule has 100 valence electrons. The molecule has 0 unspecified atom stereocenters. The number of anilines is 1. The number of nitrogens with one attached hydrogen (secondary N) is 1. The van der Waals surface area contributed by atoms with Gasteiger partial charge < -0.3 is 5.32 Å². The van der Waals surface area contributed by atoms with Crippen LogP contribution in [0.2, 0.25) is 0 Å². The lowest BCUT2D eigenvalue weighted by Crippen LogP contribution is -2.11. The molecule has 0 bridgehead atoms. The maximum absolute atomic E-state index is 12.8. The minimum Gasteiger partial charge on any atom is -0.322 e. The average Bonchev–Trinajstić information content (AvgIpc) is 2.81. The Morgan fingerprint density at radius 1 is 1.15 bits per heavy atom. The maximum atomic E-state index is 12.8. The summed E-state index contributed by atoms with van der Waals surface area (Å²) >= 11 is 5.11. The van der Waals surface area contributed by atoms with Crippen LogP contribution < -0.4 is 5.32 Å². The molecule has 1 heterocycles. The van der Waals surface area contributed by atoms with E-state index in [0.29, 0.717) is 11.3 Å². The van der Waals surface area contributed by atoms with Gasteiger partial charge in [0.15, 0.2) is 0 Å². The molecule has 20 heavy (non-hydrogen) atoms. The van der Waals surface area contributed by atoms with Gasteiger partial charge in [-0.3, -0.25) is 4.79 Å². The van der Waals surface area contributed by atoms with E-state index in [1.54, 1.807) is 11.3 Å². The Labute approximate surface area is 127 Å². The van der Waals surface area contributed by atoms with E-state index in [1.165, 1.54) is 24.3 Å². The number of carbonyl (C=O) groups excluding carboxylic acids is 1. The lowest BCUT2D eigenvalue weighted by Gasteiger charge is -2.05. The standard InChI is InChI=1S/C15H9BrFNOS/c16-13-8-20-14-6-5-11(7-12(13)14)18-15(19)9-1-3-10(17)4-2-9/h1-8H,(H,18,19). The van der Waals surface area contributed by atoms with Gasteiger partial charge in [0.25, 0.3) is 5.91 Å². The van der Waals surface area contributed by atoms with Gasteiger partial charge in [0.1, 0.15) is 5.82 Å². The van der Waals surface area contributed by atoms with Gasteiger partial charge >= 0.3 is 0 Å². The highest BCUT2D eigenvalue weighted by Crippen LogP contribution is 2.32. The first-order valence-corrected chi connectivity index (χ1v) is 7.54. The fourth-order valence-corrected chi connectivity index (χ4v) is 3.42. The molecular weight excluding hydrogens is 341 g/mol. The Balaban J connectivity index is 1.86. The summed E-state index contributed by atoms with van der Waals surface area (Å²) in [5.74, 6) is -0.610. The highest BCUT2D eigenvalue weighted by molar-refractivity contribution is 9.10. The minimum atomic E-state index is -0.356. The van der Waals surface area contributed by atoms with Crippen molar-refractivity contribution < 1.29 is 9.18 Å². The first kappa shape index (κ1) is 13.3. The molecule has 2 aromatic carbocycles. The Kier molecular flexibility index (Phi) is 3.54. The molecule has 1 N–H and O–H groups in total. The van der Waals surface area contributed by atoms with Gasteiger partial charge in [0.05, 0.1) is 0 Å². The zero-order valence-corrected chi connectivity index (χ0v) is 12.6. The van der Waals surface area contributed by atoms with Crippen molar-refractivity contribution in [3.8, 4) is 0 Å². The van der Waals surface area contributed by atoms with Crippen molar-refractivity contribution in [1.29, 1.82) is 0 Å². The number of hydrogen-bond donors (Lipinski definition) is 1. The first-order valence-electron chi connectivity index (χ1n) is 5.87. The fourth-order valence-electron chi connectivity index (χ4n) is 1.88. The monoisotopic (exact) mass is 349 g/mol. The molecule has 1 amide bonds. The van der Waals surface area contributed by atoms with Crippen molar-refractivity contribution in [1.82, 2.24) is 0 Å². The van der Waals surface area contributed by atoms with E-state index in [4.69, 9.17) is 0 Å². The molecule has 1 aromatic heterocycles. The Bertz CT molecular complexity index is 782. The Morgan fingerprint density at radius 3 is 2.65 bits per heavy atom. The van der Waals surface area contributed by atoms with E-state index in [2.05, 4.69) is 21.2 Å². The van der Waals surface area contributed by atoms with Gasteiger partial charge in [-0.15, -0.1) is 11.3 Å². The van der Waals surface area contributed by atoms with Crippen LogP contribution in [0.5, 0.6) is 0 Å². The second-order valence-electron chi connectivity index (χ2n) is 4.26. The number of amides is 1. The predicted octanol–water partition coefficient (Wildman–Crippen LogP) is 5.06. The van der Waals surface area contributed by atoms with Gasteiger partial charge in [-0.1, -0.05) is 0 Å². The van der Waals surface area contributed by atoms with Crippen LogP contribution in [-0.2, 0) is 0 Å². The number of halogens is 2. The van der Waals surface area contributed by atoms with E-state index in [0.717, 1.165) is 14.6 Å². The number of thiophene rings is 1. The maximum Gasteiger partial charge on any atom is 0.255 e. The minimum absolute atomic E-state index is 0.254. The first-order chi connectivity index (χ1) is 9.63. The SMILES string of the molecule is O=C(Nc1ccc2scc(Br)c2c1)c1ccc(F)cc1. The fraction of sp³-hybridized carbons (Fsp3) is 0. The smallest absolute Gasteiger partial charge is 0.255 e. The van der Waals surface area contributed by atoms with Crippen LogP contribution in [0.4, 0.5) is 10.1 Å². The topological polar surface area (TPSA) is 29.1 Å². The van der Waals surface area contributed by atoms with Gasteiger partial charge in [-0.25, -0.2) is 4.39 Å². The lowest BCUT2D eigenvalue weighted by atomic mass is 10.2. The van der Waals surface area contributed by atoms with Crippen molar-refractivity contribution in [2.75, 3.05) is 5.32 Å². The van der Waals surface area contributed by atoms with Crippen LogP contribution in [0.25, 0.3) is 10.1 Å². The number of carbonyl (C=O) groups is 1. The van der Waals surface area contributed by atoms with Gasteiger partial charge in [-0.05, 0) is 58.4 Å². The molecule has 0 saturated carbocycles. The molecule has 0 spiro atoms. The second-order valence-corrected chi connectivity index (χ2v) is 6.02. The normalized spacial score (nSPS) is 10.7. The summed E-state index contributed by atoms with van der Waals surface area (Å²) in [5.41, 5.74) is 1.14. The van der Waals surface area contributed by atoms with E-state index >= 15 is 0 Å². The number of fused-ring (bicyclic) bond motifs is 1. The molecule has 0 fully saturated rings. The third kappa shape index (κ3) is 2.59. The van der Waals surface area contributed by atoms with Crippen LogP contribution in [0, 0.1) is 5.82 Å². The molecule has 3 aromatic rings. The highest BCUT2D eigenvalue weighted by atomic mass is 79.9. The quantitative estimate of drug-likeness (QED) is 0.688. The van der Waals surface area contributed by atoms with Crippen molar-refractivity contribution in [3.63, 3.8) is 0 Å². The molecule has 0 saturated heterocycles. The van der Waals surface area contributed by atoms with Gasteiger partial charge in [0.2, 0.25) is 0 Å². The highest BCUT2D eigenvalue weighted by Gasteiger charge is 2.08. The van der Waals surface area contributed by atoms with Crippen molar-refractivity contribution in [2.24, 2.45) is 0 Å². The van der Waals surface area contributed by atoms with E-state index in [-0.39, 0.29) is 11.7 Å². The summed E-state index contributed by atoms with van der Waals surface area (Å²) in [4.78, 5) is 12.0. The Morgan fingerprint density at radius 2 is 1.90 bits per heavy atom. The van der Waals surface area contributed by atoms with E-state index in [9.17, 15) is 9.18 Å². The summed E-state index contributed by atoms with van der Waals surface area (Å²) in [6.07, 6.45) is 0. The zero-order chi connectivity index (χ0) is 14.1. The molecule has 0 aliphatic heterocycles. The average molecular weight is 350 g/mol. The molecule has 0 aliphatic carbocycles. The van der Waals surface area contributed by atoms with Crippen LogP contribution in [0.15, 0.2) is 52.3 Å². The molecule has 5 heteroatoms. The van der Waals surface area contributed by atoms with Crippen LogP contribution in [0.3, 0.4) is 0 Å². The third-order valence-corrected chi connectivity index (χ3v) is 4.81. The number of rotatable bonds is 2. The van der Waals surface area contributed by atoms with Crippen LogP contribution in [-0.4, -0.2) is 5.91 Å². The molecule has 0 aliphatic rings. The van der Waals surface area contributed by atoms with Crippen LogP contribution in [0.1, 0.15) is 10.4 Å². The van der Waals surface area contributed by atoms with Gasteiger partial charge in [-0.2, -0.15) is 0 Å². The summed E-state index contributed by atoms with van der Waals surface area (Å²) in [5, 5.41) is 5.88. The predicted molar refractivity (Wildman–Crippen MR) is 83.9 cm³/mol. The summed E-state index contributed by atoms with van der Waals surface area (Å²) in [7, 11) is 0. The van der Waals surface area contributed by atoms with Crippen molar-refractivity contribution in [2.45, 2.75) is 0 Å². The molecule has 2 nitrogen and oxygen atoms in total. The molecule has 3 rings (SSSR count). The van der Waals surface area contributed by atoms with Gasteiger partial charge in [0, 0.05) is 31.2 Å². The largest absolute Gasteiger partial charge is 0.322 e. The molecular formula is C15H9BrFNOS. The summed E-state index contributed by atoms with van der Waals surface area (Å²) in [6.45, 7) is 0. The summed E-state index contributed by atoms with van der Waals surface area (Å²) < 4.78 is 15.0. The van der Waals surface area contributed by atoms with E-state index in [1.807, 2.05) is 23.6 Å². The zero-order valence-electron chi connectivity index (χ0n) is 10.2. The summed E-state index contributed by atoms with van der Waals surface area (Å²) in [6, 6.07) is 11.2. The third-order valence-electron chi connectivity index (χ3n) is 2.89. The number of benzene rings is 2. The second kappa shape index (κ2) is 5.34. The van der Waals surface area contributed by atoms with Crippen molar-refractivity contribution in [3.05, 3.63) is 63.7 Å². The van der Waals surface area contributed by atoms with Crippen LogP contribution >= 0.6 is 27.3 Å². The van der Waals surface area contributed by atoms with E-state index < -0.39 is 0 Å². The van der Waals surface area contributed by atoms with Crippen molar-refractivity contribution >= 4 is 48.9 Å². The molecule has 0 radical (unpaired) electrons. The molecule has 0 atom stereocenters. The lowest BCUT2D eigenvalue weighted by molar-refractivity contribution is 0.102.